The number of carbonyl (C=O) groups excluding carboxylic acids is 1. The molecule has 0 aliphatic carbocycles. The number of nitrogens with one attached hydrogen (secondary N) is 1. The first-order valence-electron chi connectivity index (χ1n) is 10.8. The van der Waals surface area contributed by atoms with E-state index in [9.17, 15) is 26.4 Å². The van der Waals surface area contributed by atoms with Crippen molar-refractivity contribution < 1.29 is 26.4 Å². The molecule has 0 spiro atoms. The van der Waals surface area contributed by atoms with E-state index in [0.717, 1.165) is 29.7 Å². The minimum Gasteiger partial charge on any atom is -0.348 e. The third-order valence-electron chi connectivity index (χ3n) is 5.43. The summed E-state index contributed by atoms with van der Waals surface area (Å²) in [5.74, 6) is -0.704. The molecule has 0 bridgehead atoms. The van der Waals surface area contributed by atoms with Gasteiger partial charge in [0, 0.05) is 0 Å². The van der Waals surface area contributed by atoms with Gasteiger partial charge < -0.3 is 5.32 Å². The summed E-state index contributed by atoms with van der Waals surface area (Å²) in [6.45, 7) is 2.97. The van der Waals surface area contributed by atoms with Gasteiger partial charge in [-0.2, -0.15) is 13.2 Å². The van der Waals surface area contributed by atoms with Crippen LogP contribution in [0.5, 0.6) is 0 Å². The van der Waals surface area contributed by atoms with Crippen LogP contribution in [0.25, 0.3) is 0 Å². The van der Waals surface area contributed by atoms with E-state index in [2.05, 4.69) is 5.32 Å². The lowest BCUT2D eigenvalue weighted by Gasteiger charge is -2.26. The molecular formula is C25H24ClF3N2O3S. The molecule has 0 radical (unpaired) electrons. The number of hydrogen-bond acceptors (Lipinski definition) is 3. The minimum absolute atomic E-state index is 0.190. The van der Waals surface area contributed by atoms with Crippen molar-refractivity contribution in [3.8, 4) is 0 Å². The Bertz CT molecular complexity index is 1280. The zero-order valence-corrected chi connectivity index (χ0v) is 20.6. The second kappa shape index (κ2) is 10.7. The number of rotatable bonds is 8. The van der Waals surface area contributed by atoms with Gasteiger partial charge in [0.15, 0.2) is 0 Å². The summed E-state index contributed by atoms with van der Waals surface area (Å²) in [7, 11) is -4.42. The number of alkyl halides is 3. The monoisotopic (exact) mass is 524 g/mol. The molecule has 0 fully saturated rings. The summed E-state index contributed by atoms with van der Waals surface area (Å²) in [6, 6.07) is 16.6. The van der Waals surface area contributed by atoms with E-state index < -0.39 is 45.9 Å². The predicted octanol–water partition coefficient (Wildman–Crippen LogP) is 5.99. The van der Waals surface area contributed by atoms with Crippen LogP contribution in [0.15, 0.2) is 77.7 Å². The number of benzene rings is 3. The van der Waals surface area contributed by atoms with Crippen LogP contribution in [-0.4, -0.2) is 20.9 Å². The highest BCUT2D eigenvalue weighted by molar-refractivity contribution is 7.92. The zero-order valence-electron chi connectivity index (χ0n) is 19.0. The van der Waals surface area contributed by atoms with Crippen LogP contribution < -0.4 is 9.62 Å². The Labute approximate surface area is 207 Å². The molecule has 0 unspecified atom stereocenters. The number of nitrogens with zero attached hydrogens (tertiary/aromatic N) is 1. The standard InChI is InChI=1S/C25H24ClF3N2O3S/c1-3-18-9-11-19(12-10-18)17(2)30-24(32)16-31(35(33,34)21-7-5-4-6-8-21)23-15-20(25(27,28)29)13-14-22(23)26/h4-15,17H,3,16H2,1-2H3,(H,30,32)/t17-/m0/s1. The lowest BCUT2D eigenvalue weighted by molar-refractivity contribution is -0.137. The maximum Gasteiger partial charge on any atom is 0.416 e. The molecule has 5 nitrogen and oxygen atoms in total. The number of anilines is 1. The molecule has 35 heavy (non-hydrogen) atoms. The first-order chi connectivity index (χ1) is 16.4. The van der Waals surface area contributed by atoms with Crippen molar-refractivity contribution in [1.29, 1.82) is 0 Å². The van der Waals surface area contributed by atoms with Crippen molar-refractivity contribution in [2.75, 3.05) is 10.8 Å². The van der Waals surface area contributed by atoms with Crippen LogP contribution in [0, 0.1) is 0 Å². The molecule has 0 saturated carbocycles. The van der Waals surface area contributed by atoms with Gasteiger partial charge in [0.25, 0.3) is 10.0 Å². The van der Waals surface area contributed by atoms with E-state index in [0.29, 0.717) is 10.4 Å². The SMILES string of the molecule is CCc1ccc([C@H](C)NC(=O)CN(c2cc(C(F)(F)F)ccc2Cl)S(=O)(=O)c2ccccc2)cc1. The summed E-state index contributed by atoms with van der Waals surface area (Å²) >= 11 is 6.14. The smallest absolute Gasteiger partial charge is 0.348 e. The zero-order chi connectivity index (χ0) is 25.8. The van der Waals surface area contributed by atoms with Crippen LogP contribution >= 0.6 is 11.6 Å². The lowest BCUT2D eigenvalue weighted by Crippen LogP contribution is -2.41. The maximum absolute atomic E-state index is 13.4. The number of carbonyl (C=O) groups is 1. The fourth-order valence-corrected chi connectivity index (χ4v) is 5.16. The van der Waals surface area contributed by atoms with Crippen molar-refractivity contribution in [1.82, 2.24) is 5.32 Å². The molecule has 186 valence electrons. The largest absolute Gasteiger partial charge is 0.416 e. The Balaban J connectivity index is 1.97. The van der Waals surface area contributed by atoms with Crippen molar-refractivity contribution in [3.63, 3.8) is 0 Å². The van der Waals surface area contributed by atoms with Crippen molar-refractivity contribution in [2.24, 2.45) is 0 Å². The van der Waals surface area contributed by atoms with Crippen molar-refractivity contribution >= 4 is 33.2 Å². The number of hydrogen-bond donors (Lipinski definition) is 1. The predicted molar refractivity (Wildman–Crippen MR) is 130 cm³/mol. The van der Waals surface area contributed by atoms with Crippen LogP contribution in [0.4, 0.5) is 18.9 Å². The second-order valence-corrected chi connectivity index (χ2v) is 10.1. The van der Waals surface area contributed by atoms with Gasteiger partial charge in [-0.25, -0.2) is 8.42 Å². The molecule has 0 aliphatic rings. The fraction of sp³-hybridized carbons (Fsp3) is 0.240. The van der Waals surface area contributed by atoms with Gasteiger partial charge >= 0.3 is 6.18 Å². The van der Waals surface area contributed by atoms with Gasteiger partial charge in [-0.1, -0.05) is 61.0 Å². The Morgan fingerprint density at radius 3 is 2.23 bits per heavy atom. The summed E-state index contributed by atoms with van der Waals surface area (Å²) < 4.78 is 67.5. The lowest BCUT2D eigenvalue weighted by atomic mass is 10.1. The first-order valence-corrected chi connectivity index (χ1v) is 12.6. The minimum atomic E-state index is -4.73. The number of amides is 1. The van der Waals surface area contributed by atoms with Gasteiger partial charge in [-0.3, -0.25) is 9.10 Å². The third-order valence-corrected chi connectivity index (χ3v) is 7.52. The summed E-state index contributed by atoms with van der Waals surface area (Å²) in [6.07, 6.45) is -3.88. The molecule has 0 heterocycles. The number of aryl methyl sites for hydroxylation is 1. The van der Waals surface area contributed by atoms with E-state index in [1.54, 1.807) is 13.0 Å². The second-order valence-electron chi connectivity index (χ2n) is 7.87. The molecule has 0 aliphatic heterocycles. The van der Waals surface area contributed by atoms with Crippen LogP contribution in [-0.2, 0) is 27.4 Å². The van der Waals surface area contributed by atoms with E-state index in [1.807, 2.05) is 31.2 Å². The first kappa shape index (κ1) is 26.6. The van der Waals surface area contributed by atoms with Gasteiger partial charge in [0.05, 0.1) is 27.2 Å². The highest BCUT2D eigenvalue weighted by atomic mass is 35.5. The number of sulfonamides is 1. The maximum atomic E-state index is 13.4. The fourth-order valence-electron chi connectivity index (χ4n) is 3.44. The molecule has 1 amide bonds. The van der Waals surface area contributed by atoms with Crippen molar-refractivity contribution in [3.05, 3.63) is 94.5 Å². The molecular weight excluding hydrogens is 501 g/mol. The molecule has 3 rings (SSSR count). The Morgan fingerprint density at radius 2 is 1.66 bits per heavy atom. The Hall–Kier alpha value is -3.04. The van der Waals surface area contributed by atoms with E-state index in [4.69, 9.17) is 11.6 Å². The number of halogens is 4. The molecule has 0 aromatic heterocycles. The van der Waals surface area contributed by atoms with Gasteiger partial charge in [0.1, 0.15) is 6.54 Å². The molecule has 3 aromatic carbocycles. The normalized spacial score (nSPS) is 12.7. The molecule has 10 heteroatoms. The summed E-state index contributed by atoms with van der Waals surface area (Å²) in [5.41, 5.74) is 0.382. The molecule has 3 aromatic rings. The van der Waals surface area contributed by atoms with Gasteiger partial charge in [0.2, 0.25) is 5.91 Å². The quantitative estimate of drug-likeness (QED) is 0.393. The van der Waals surface area contributed by atoms with Gasteiger partial charge in [-0.15, -0.1) is 0 Å². The van der Waals surface area contributed by atoms with E-state index in [1.165, 1.54) is 24.3 Å². The van der Waals surface area contributed by atoms with Crippen LogP contribution in [0.1, 0.15) is 36.6 Å². The van der Waals surface area contributed by atoms with Crippen molar-refractivity contribution in [2.45, 2.75) is 37.4 Å². The highest BCUT2D eigenvalue weighted by Crippen LogP contribution is 2.37. The average molecular weight is 525 g/mol. The van der Waals surface area contributed by atoms with Crippen LogP contribution in [0.2, 0.25) is 5.02 Å². The van der Waals surface area contributed by atoms with E-state index in [-0.39, 0.29) is 9.92 Å². The van der Waals surface area contributed by atoms with Crippen LogP contribution in [0.3, 0.4) is 0 Å². The Kier molecular flexibility index (Phi) is 8.12. The molecule has 1 N–H and O–H groups in total. The Morgan fingerprint density at radius 1 is 1.03 bits per heavy atom. The van der Waals surface area contributed by atoms with Gasteiger partial charge in [-0.05, 0) is 54.8 Å². The molecule has 0 saturated heterocycles. The molecule has 1 atom stereocenters. The summed E-state index contributed by atoms with van der Waals surface area (Å²) in [5, 5.41) is 2.47. The third kappa shape index (κ3) is 6.35. The topological polar surface area (TPSA) is 66.5 Å². The average Bonchev–Trinajstić information content (AvgIpc) is 2.82. The van der Waals surface area contributed by atoms with E-state index >= 15 is 0 Å². The summed E-state index contributed by atoms with van der Waals surface area (Å²) in [4.78, 5) is 12.7. The highest BCUT2D eigenvalue weighted by Gasteiger charge is 2.34.